The van der Waals surface area contributed by atoms with Gasteiger partial charge >= 0.3 is 0 Å². The third-order valence-corrected chi connectivity index (χ3v) is 11.2. The lowest BCUT2D eigenvalue weighted by molar-refractivity contribution is -0.125. The van der Waals surface area contributed by atoms with Crippen LogP contribution in [0.5, 0.6) is 5.75 Å². The minimum absolute atomic E-state index is 0.0407. The molecule has 0 bridgehead atoms. The molecule has 7 rings (SSSR count). The van der Waals surface area contributed by atoms with Crippen molar-refractivity contribution in [1.82, 2.24) is 0 Å². The summed E-state index contributed by atoms with van der Waals surface area (Å²) in [6.45, 7) is 0. The zero-order valence-electron chi connectivity index (χ0n) is 23.4. The van der Waals surface area contributed by atoms with Crippen LogP contribution in [0.3, 0.4) is 0 Å². The van der Waals surface area contributed by atoms with Crippen LogP contribution >= 0.6 is 34.8 Å². The lowest BCUT2D eigenvalue weighted by Crippen LogP contribution is -2.60. The van der Waals surface area contributed by atoms with Crippen molar-refractivity contribution in [1.29, 1.82) is 0 Å². The number of allylic oxidation sites excluding steroid dienone is 2. The predicted octanol–water partition coefficient (Wildman–Crippen LogP) is 6.51. The van der Waals surface area contributed by atoms with E-state index in [2.05, 4.69) is 0 Å². The molecule has 0 aromatic heterocycles. The molecule has 1 saturated carbocycles. The van der Waals surface area contributed by atoms with E-state index in [-0.39, 0.29) is 28.1 Å². The number of fused-ring (bicyclic) bond motifs is 4. The summed E-state index contributed by atoms with van der Waals surface area (Å²) in [6.07, 6.45) is 0.846. The number of anilines is 2. The maximum atomic E-state index is 15.1. The number of benzene rings is 3. The van der Waals surface area contributed by atoms with Crippen LogP contribution in [0.25, 0.3) is 0 Å². The molecule has 2 aliphatic heterocycles. The normalized spacial score (nSPS) is 30.0. The number of alkyl halides is 2. The molecule has 4 amide bonds. The molecule has 2 aliphatic carbocycles. The fourth-order valence-electron chi connectivity index (χ4n) is 7.49. The van der Waals surface area contributed by atoms with Crippen LogP contribution < -0.4 is 9.80 Å². The summed E-state index contributed by atoms with van der Waals surface area (Å²) in [5.41, 5.74) is -1.52. The second-order valence-corrected chi connectivity index (χ2v) is 13.4. The zero-order chi connectivity index (χ0) is 33.9. The number of para-hydroxylation sites is 1. The Morgan fingerprint density at radius 2 is 1.34 bits per heavy atom. The maximum Gasteiger partial charge on any atom is 0.258 e. The van der Waals surface area contributed by atoms with Crippen molar-refractivity contribution < 1.29 is 46.2 Å². The number of rotatable bonds is 3. The minimum Gasteiger partial charge on any atom is -0.508 e. The maximum absolute atomic E-state index is 15.1. The van der Waals surface area contributed by atoms with Crippen LogP contribution in [0.1, 0.15) is 24.3 Å². The van der Waals surface area contributed by atoms with Crippen molar-refractivity contribution >= 4 is 69.8 Å². The van der Waals surface area contributed by atoms with Gasteiger partial charge in [-0.05, 0) is 49.1 Å². The van der Waals surface area contributed by atoms with Crippen molar-refractivity contribution in [3.8, 4) is 5.75 Å². The van der Waals surface area contributed by atoms with Gasteiger partial charge in [-0.25, -0.2) is 26.9 Å². The van der Waals surface area contributed by atoms with E-state index >= 15 is 8.78 Å². The fraction of sp³-hybridized carbons (Fsp3) is 0.250. The fourth-order valence-corrected chi connectivity index (χ4v) is 8.54. The monoisotopic (exact) mass is 710 g/mol. The van der Waals surface area contributed by atoms with E-state index in [9.17, 15) is 37.5 Å². The van der Waals surface area contributed by atoms with E-state index in [0.29, 0.717) is 5.02 Å². The Kier molecular flexibility index (Phi) is 7.06. The van der Waals surface area contributed by atoms with Crippen molar-refractivity contribution in [2.45, 2.75) is 28.5 Å². The molecule has 2 saturated heterocycles. The third kappa shape index (κ3) is 3.98. The molecule has 0 spiro atoms. The van der Waals surface area contributed by atoms with Gasteiger partial charge in [0.15, 0.2) is 33.0 Å². The van der Waals surface area contributed by atoms with E-state index in [1.807, 2.05) is 0 Å². The molecule has 47 heavy (non-hydrogen) atoms. The third-order valence-electron chi connectivity index (χ3n) is 9.55. The van der Waals surface area contributed by atoms with Crippen molar-refractivity contribution in [3.63, 3.8) is 0 Å². The molecular formula is C32H18Cl3F5N2O5. The number of phenolic OH excluding ortho intramolecular Hbond substituents is 1. The highest BCUT2D eigenvalue weighted by atomic mass is 35.5. The van der Waals surface area contributed by atoms with Crippen LogP contribution in [-0.4, -0.2) is 38.5 Å². The van der Waals surface area contributed by atoms with Crippen molar-refractivity contribution in [2.24, 2.45) is 17.8 Å². The number of aromatic hydroxyl groups is 1. The number of amides is 4. The molecule has 15 heteroatoms. The molecule has 3 aromatic rings. The van der Waals surface area contributed by atoms with Gasteiger partial charge in [-0.1, -0.05) is 41.4 Å². The smallest absolute Gasteiger partial charge is 0.258 e. The Bertz CT molecular complexity index is 1960. The van der Waals surface area contributed by atoms with Crippen LogP contribution in [0.4, 0.5) is 33.3 Å². The lowest BCUT2D eigenvalue weighted by atomic mass is 9.56. The zero-order valence-corrected chi connectivity index (χ0v) is 25.7. The quantitative estimate of drug-likeness (QED) is 0.0836. The number of carbonyl (C=O) groups is 4. The van der Waals surface area contributed by atoms with Gasteiger partial charge in [0, 0.05) is 16.5 Å². The molecule has 1 N–H and O–H groups in total. The number of halogens is 8. The first kappa shape index (κ1) is 31.6. The van der Waals surface area contributed by atoms with E-state index in [1.54, 1.807) is 6.08 Å². The molecule has 4 aliphatic rings. The first-order chi connectivity index (χ1) is 22.2. The average Bonchev–Trinajstić information content (AvgIpc) is 3.38. The predicted molar refractivity (Wildman–Crippen MR) is 158 cm³/mol. The molecule has 3 aromatic carbocycles. The summed E-state index contributed by atoms with van der Waals surface area (Å²) >= 11 is 20.1. The van der Waals surface area contributed by atoms with Gasteiger partial charge in [0.05, 0.1) is 17.5 Å². The minimum atomic E-state index is -2.72. The first-order valence-electron chi connectivity index (χ1n) is 14.1. The molecule has 3 fully saturated rings. The Morgan fingerprint density at radius 1 is 0.745 bits per heavy atom. The van der Waals surface area contributed by atoms with Crippen molar-refractivity contribution in [2.75, 3.05) is 9.80 Å². The SMILES string of the molecule is O=C1C2CC=C3C(CC4(Cl)C(=O)N(c5c(F)c(F)c(F)c(F)c5F)C(=O)C4(Cl)C3c3ccccc3O)C2C(=O)N1c1ccc(Cl)cc1. The molecule has 2 heterocycles. The molecule has 7 nitrogen and oxygen atoms in total. The lowest BCUT2D eigenvalue weighted by Gasteiger charge is -2.50. The van der Waals surface area contributed by atoms with E-state index in [1.165, 1.54) is 48.5 Å². The van der Waals surface area contributed by atoms with E-state index in [0.717, 1.165) is 4.90 Å². The van der Waals surface area contributed by atoms with Gasteiger partial charge in [-0.15, -0.1) is 23.2 Å². The van der Waals surface area contributed by atoms with Gasteiger partial charge in [0.1, 0.15) is 11.4 Å². The van der Waals surface area contributed by atoms with Gasteiger partial charge in [-0.3, -0.25) is 24.1 Å². The van der Waals surface area contributed by atoms with E-state index < -0.39 is 104 Å². The molecule has 6 unspecified atom stereocenters. The van der Waals surface area contributed by atoms with Crippen LogP contribution in [0.2, 0.25) is 5.02 Å². The second-order valence-electron chi connectivity index (χ2n) is 11.7. The molecular weight excluding hydrogens is 694 g/mol. The number of phenols is 1. The molecule has 0 radical (unpaired) electrons. The number of imide groups is 2. The highest BCUT2D eigenvalue weighted by molar-refractivity contribution is 6.58. The van der Waals surface area contributed by atoms with E-state index in [4.69, 9.17) is 34.8 Å². The van der Waals surface area contributed by atoms with Crippen LogP contribution in [0.15, 0.2) is 60.2 Å². The number of hydrogen-bond donors (Lipinski definition) is 1. The topological polar surface area (TPSA) is 95.0 Å². The highest BCUT2D eigenvalue weighted by Crippen LogP contribution is 2.66. The van der Waals surface area contributed by atoms with Gasteiger partial charge in [-0.2, -0.15) is 0 Å². The standard InChI is InChI=1S/C32H18Cl3F5N2O5/c33-12-5-7-13(8-6-12)41-27(44)16-10-9-14-17(19(16)28(41)45)11-31(34)29(46)42(26-24(39)22(37)21(36)23(38)25(26)40)30(47)32(31,35)20(14)15-3-1-2-4-18(15)43/h1-9,16-17,19-20,43H,10-11H2. The van der Waals surface area contributed by atoms with Crippen LogP contribution in [-0.2, 0) is 19.2 Å². The summed E-state index contributed by atoms with van der Waals surface area (Å²) in [5.74, 6) is -22.0. The summed E-state index contributed by atoms with van der Waals surface area (Å²) in [4.78, 5) is 51.4. The summed E-state index contributed by atoms with van der Waals surface area (Å²) in [7, 11) is 0. The Morgan fingerprint density at radius 3 is 1.96 bits per heavy atom. The van der Waals surface area contributed by atoms with Gasteiger partial charge < -0.3 is 5.11 Å². The first-order valence-corrected chi connectivity index (χ1v) is 15.2. The largest absolute Gasteiger partial charge is 0.508 e. The summed E-state index contributed by atoms with van der Waals surface area (Å²) < 4.78 is 72.8. The molecule has 6 atom stereocenters. The Hall–Kier alpha value is -4.00. The molecule has 242 valence electrons. The van der Waals surface area contributed by atoms with Gasteiger partial charge in [0.2, 0.25) is 17.6 Å². The Balaban J connectivity index is 1.43. The van der Waals surface area contributed by atoms with Gasteiger partial charge in [0.25, 0.3) is 11.8 Å². The van der Waals surface area contributed by atoms with Crippen LogP contribution in [0, 0.1) is 46.8 Å². The van der Waals surface area contributed by atoms with Crippen molar-refractivity contribution in [3.05, 3.63) is 99.9 Å². The number of carbonyl (C=O) groups excluding carboxylic acids is 4. The number of hydrogen-bond acceptors (Lipinski definition) is 5. The number of nitrogens with zero attached hydrogens (tertiary/aromatic N) is 2. The Labute approximate surface area is 277 Å². The second kappa shape index (κ2) is 10.5. The average molecular weight is 712 g/mol. The highest BCUT2D eigenvalue weighted by Gasteiger charge is 2.77. The summed E-state index contributed by atoms with van der Waals surface area (Å²) in [6, 6.07) is 11.3. The summed E-state index contributed by atoms with van der Waals surface area (Å²) in [5, 5.41) is 11.3.